The fraction of sp³-hybridized carbons (Fsp3) is 0.0667. The summed E-state index contributed by atoms with van der Waals surface area (Å²) in [4.78, 5) is 11.8. The molecule has 1 amide bonds. The number of rotatable bonds is 3. The van der Waals surface area contributed by atoms with Gasteiger partial charge in [0.05, 0.1) is 5.71 Å². The number of nitrogens with one attached hydrogen (secondary N) is 1. The van der Waals surface area contributed by atoms with Crippen LogP contribution in [0.3, 0.4) is 0 Å². The third-order valence-electron chi connectivity index (χ3n) is 2.69. The number of halogens is 3. The van der Waals surface area contributed by atoms with Gasteiger partial charge in [0.2, 0.25) is 0 Å². The molecular weight excluding hydrogens is 415 g/mol. The molecule has 0 spiro atoms. The Morgan fingerprint density at radius 1 is 1.12 bits per heavy atom. The van der Waals surface area contributed by atoms with Crippen molar-refractivity contribution in [1.82, 2.24) is 5.43 Å². The van der Waals surface area contributed by atoms with E-state index < -0.39 is 0 Å². The summed E-state index contributed by atoms with van der Waals surface area (Å²) < 4.78 is 0. The average molecular weight is 429 g/mol. The minimum atomic E-state index is -0.334. The monoisotopic (exact) mass is 427 g/mol. The van der Waals surface area contributed by atoms with Crippen molar-refractivity contribution in [2.75, 3.05) is 0 Å². The van der Waals surface area contributed by atoms with Crippen molar-refractivity contribution in [2.45, 2.75) is 6.92 Å². The van der Waals surface area contributed by atoms with E-state index in [1.54, 1.807) is 31.2 Å². The Kier molecular flexibility index (Phi) is 15.0. The van der Waals surface area contributed by atoms with Crippen molar-refractivity contribution in [3.63, 3.8) is 0 Å². The molecule has 1 radical (unpaired) electrons. The minimum absolute atomic E-state index is 0. The van der Waals surface area contributed by atoms with Gasteiger partial charge in [0.25, 0.3) is 5.91 Å². The molecule has 2 rings (SSSR count). The van der Waals surface area contributed by atoms with Crippen LogP contribution in [0, 0.1) is 0 Å². The molecule has 0 aromatic heterocycles. The number of nitrogens with zero attached hydrogens (tertiary/aromatic N) is 1. The van der Waals surface area contributed by atoms with E-state index in [1.165, 1.54) is 18.2 Å². The molecular formula is C15H14Cl3CrN2O3. The molecule has 0 aliphatic rings. The Morgan fingerprint density at radius 2 is 1.71 bits per heavy atom. The SMILES string of the molecule is C/C(=N\NC(=O)c1ccccc1)c1cc(Cl)ccc1[O-].O.[Cl-].[Cl-].[Cr+3]. The molecule has 0 heterocycles. The Morgan fingerprint density at radius 3 is 2.29 bits per heavy atom. The van der Waals surface area contributed by atoms with E-state index in [0.29, 0.717) is 21.9 Å². The van der Waals surface area contributed by atoms with Crippen LogP contribution < -0.4 is 35.3 Å². The fourth-order valence-electron chi connectivity index (χ4n) is 1.63. The summed E-state index contributed by atoms with van der Waals surface area (Å²) in [7, 11) is 0. The summed E-state index contributed by atoms with van der Waals surface area (Å²) in [5.74, 6) is -0.524. The van der Waals surface area contributed by atoms with E-state index >= 15 is 0 Å². The molecule has 0 atom stereocenters. The molecule has 0 bridgehead atoms. The van der Waals surface area contributed by atoms with E-state index in [0.717, 1.165) is 0 Å². The predicted octanol–water partition coefficient (Wildman–Crippen LogP) is -4.25. The van der Waals surface area contributed by atoms with E-state index in [9.17, 15) is 9.90 Å². The number of carbonyl (C=O) groups excluding carboxylic acids is 1. The number of hydrazone groups is 1. The third kappa shape index (κ3) is 7.54. The Labute approximate surface area is 168 Å². The van der Waals surface area contributed by atoms with Crippen LogP contribution in [-0.2, 0) is 17.4 Å². The van der Waals surface area contributed by atoms with Gasteiger partial charge in [0.15, 0.2) is 0 Å². The first-order valence-electron chi connectivity index (χ1n) is 5.94. The molecule has 0 fully saturated rings. The first kappa shape index (κ1) is 27.6. The maximum absolute atomic E-state index is 11.8. The van der Waals surface area contributed by atoms with Gasteiger partial charge in [-0.3, -0.25) is 4.79 Å². The van der Waals surface area contributed by atoms with Crippen molar-refractivity contribution in [2.24, 2.45) is 5.10 Å². The van der Waals surface area contributed by atoms with Gasteiger partial charge in [-0.1, -0.05) is 41.6 Å². The number of carbonyl (C=O) groups is 1. The normalized spacial score (nSPS) is 9.33. The average Bonchev–Trinajstić information content (AvgIpc) is 2.47. The molecule has 2 aromatic rings. The summed E-state index contributed by atoms with van der Waals surface area (Å²) in [6.07, 6.45) is 0. The summed E-state index contributed by atoms with van der Waals surface area (Å²) in [6.45, 7) is 1.64. The van der Waals surface area contributed by atoms with Crippen LogP contribution in [0.2, 0.25) is 5.02 Å². The van der Waals surface area contributed by atoms with Gasteiger partial charge in [0, 0.05) is 10.6 Å². The topological polar surface area (TPSA) is 96.0 Å². The molecule has 0 unspecified atom stereocenters. The number of hydrogen-bond acceptors (Lipinski definition) is 3. The van der Waals surface area contributed by atoms with Crippen molar-refractivity contribution in [3.05, 3.63) is 64.7 Å². The maximum Gasteiger partial charge on any atom is 3.00 e. The molecule has 24 heavy (non-hydrogen) atoms. The zero-order valence-corrected chi connectivity index (χ0v) is 16.0. The van der Waals surface area contributed by atoms with Gasteiger partial charge in [-0.25, -0.2) is 5.43 Å². The molecule has 2 aromatic carbocycles. The van der Waals surface area contributed by atoms with Gasteiger partial charge in [-0.15, -0.1) is 0 Å². The molecule has 9 heteroatoms. The van der Waals surface area contributed by atoms with E-state index in [2.05, 4.69) is 10.5 Å². The molecule has 3 N–H and O–H groups in total. The predicted molar refractivity (Wildman–Crippen MR) is 80.6 cm³/mol. The number of hydrogen-bond donors (Lipinski definition) is 1. The number of benzene rings is 2. The smallest absolute Gasteiger partial charge is 1.00 e. The second kappa shape index (κ2) is 13.1. The van der Waals surface area contributed by atoms with Crippen LogP contribution in [-0.4, -0.2) is 17.1 Å². The van der Waals surface area contributed by atoms with Gasteiger partial charge < -0.3 is 35.4 Å². The van der Waals surface area contributed by atoms with Crippen molar-refractivity contribution < 1.29 is 57.6 Å². The van der Waals surface area contributed by atoms with Gasteiger partial charge in [-0.2, -0.15) is 5.10 Å². The zero-order chi connectivity index (χ0) is 14.5. The molecule has 0 saturated carbocycles. The van der Waals surface area contributed by atoms with Gasteiger partial charge in [-0.05, 0) is 36.8 Å². The van der Waals surface area contributed by atoms with Crippen LogP contribution in [0.25, 0.3) is 0 Å². The Bertz CT molecular complexity index is 670. The summed E-state index contributed by atoms with van der Waals surface area (Å²) in [6, 6.07) is 13.1. The van der Waals surface area contributed by atoms with E-state index in [1.807, 2.05) is 6.07 Å². The molecule has 0 saturated heterocycles. The Hall–Kier alpha value is -1.26. The first-order valence-corrected chi connectivity index (χ1v) is 6.32. The third-order valence-corrected chi connectivity index (χ3v) is 2.93. The van der Waals surface area contributed by atoms with E-state index in [-0.39, 0.29) is 59.3 Å². The van der Waals surface area contributed by atoms with Gasteiger partial charge >= 0.3 is 17.4 Å². The summed E-state index contributed by atoms with van der Waals surface area (Å²) in [5, 5.41) is 16.1. The minimum Gasteiger partial charge on any atom is -1.00 e. The Balaban J connectivity index is -0.00000110. The molecule has 0 aliphatic carbocycles. The second-order valence-corrected chi connectivity index (χ2v) is 4.58. The molecule has 129 valence electrons. The second-order valence-electron chi connectivity index (χ2n) is 4.14. The van der Waals surface area contributed by atoms with Crippen LogP contribution in [0.1, 0.15) is 22.8 Å². The summed E-state index contributed by atoms with van der Waals surface area (Å²) in [5.41, 5.74) is 3.68. The standard InChI is InChI=1S/C15H13ClN2O2.2ClH.Cr.H2O/c1-10(13-9-12(16)7-8-14(13)19)17-18-15(20)11-5-3-2-4-6-11;;;;/h2-9,19H,1H3,(H,18,20);2*1H;;1H2/q;;;+3;/p-3/b17-10+;;;;. The van der Waals surface area contributed by atoms with Crippen molar-refractivity contribution in [3.8, 4) is 5.75 Å². The van der Waals surface area contributed by atoms with Gasteiger partial charge in [0.1, 0.15) is 0 Å². The van der Waals surface area contributed by atoms with Crippen LogP contribution in [0.5, 0.6) is 5.75 Å². The molecule has 0 aliphatic heterocycles. The van der Waals surface area contributed by atoms with Crippen LogP contribution >= 0.6 is 11.6 Å². The van der Waals surface area contributed by atoms with Crippen LogP contribution in [0.15, 0.2) is 53.6 Å². The zero-order valence-electron chi connectivity index (χ0n) is 12.4. The fourth-order valence-corrected chi connectivity index (χ4v) is 1.81. The van der Waals surface area contributed by atoms with Crippen molar-refractivity contribution >= 4 is 23.2 Å². The van der Waals surface area contributed by atoms with E-state index in [4.69, 9.17) is 11.6 Å². The van der Waals surface area contributed by atoms with Crippen LogP contribution in [0.4, 0.5) is 0 Å². The quantitative estimate of drug-likeness (QED) is 0.396. The molecule has 5 nitrogen and oxygen atoms in total. The first-order chi connectivity index (χ1) is 9.58. The van der Waals surface area contributed by atoms with Crippen molar-refractivity contribution in [1.29, 1.82) is 0 Å². The largest absolute Gasteiger partial charge is 3.00 e. The summed E-state index contributed by atoms with van der Waals surface area (Å²) >= 11 is 5.84. The number of amides is 1. The maximum atomic E-state index is 11.8.